The van der Waals surface area contributed by atoms with Crippen LogP contribution in [-0.2, 0) is 16.4 Å². The van der Waals surface area contributed by atoms with Crippen molar-refractivity contribution in [2.45, 2.75) is 37.2 Å². The standard InChI is InChI=1S/C24H31BrN4O5S/c1-2-17-12-18(25)6-7-22(17)35(32,33)29-10-8-16(9-11-29)13-26-14-19(30)15-34-21-5-3-4-20-23(21)28-24(31)27-20/h3-7,12,16,19,26,30H,2,8-11,13-15H2,1H3,(H2,27,28,31)/t19-/m1/s1. The van der Waals surface area contributed by atoms with E-state index in [1.807, 2.05) is 13.0 Å². The number of piperidine rings is 1. The van der Waals surface area contributed by atoms with Crippen molar-refractivity contribution in [3.63, 3.8) is 0 Å². The summed E-state index contributed by atoms with van der Waals surface area (Å²) in [5.74, 6) is 0.842. The molecule has 4 rings (SSSR count). The lowest BCUT2D eigenvalue weighted by molar-refractivity contribution is 0.105. The summed E-state index contributed by atoms with van der Waals surface area (Å²) < 4.78 is 34.5. The van der Waals surface area contributed by atoms with Crippen molar-refractivity contribution in [2.75, 3.05) is 32.8 Å². The van der Waals surface area contributed by atoms with E-state index < -0.39 is 16.1 Å². The Balaban J connectivity index is 1.22. The molecule has 2 heterocycles. The number of ether oxygens (including phenoxy) is 1. The molecule has 2 aromatic carbocycles. The second-order valence-electron chi connectivity index (χ2n) is 8.83. The van der Waals surface area contributed by atoms with E-state index in [2.05, 4.69) is 31.2 Å². The van der Waals surface area contributed by atoms with E-state index in [-0.39, 0.29) is 12.3 Å². The number of hydrogen-bond acceptors (Lipinski definition) is 6. The van der Waals surface area contributed by atoms with Gasteiger partial charge < -0.3 is 25.1 Å². The number of H-pyrrole nitrogens is 2. The number of benzene rings is 2. The predicted molar refractivity (Wildman–Crippen MR) is 138 cm³/mol. The van der Waals surface area contributed by atoms with Crippen LogP contribution >= 0.6 is 15.9 Å². The van der Waals surface area contributed by atoms with E-state index in [9.17, 15) is 18.3 Å². The number of nitrogens with one attached hydrogen (secondary N) is 3. The van der Waals surface area contributed by atoms with Crippen molar-refractivity contribution in [3.05, 3.63) is 56.9 Å². The fourth-order valence-electron chi connectivity index (χ4n) is 4.42. The van der Waals surface area contributed by atoms with Crippen LogP contribution in [0.25, 0.3) is 11.0 Å². The van der Waals surface area contributed by atoms with Gasteiger partial charge in [-0.25, -0.2) is 13.2 Å². The molecule has 0 aliphatic carbocycles. The van der Waals surface area contributed by atoms with Gasteiger partial charge in [-0.2, -0.15) is 4.31 Å². The molecule has 1 fully saturated rings. The van der Waals surface area contributed by atoms with Crippen molar-refractivity contribution in [1.29, 1.82) is 0 Å². The third-order valence-electron chi connectivity index (χ3n) is 6.35. The molecule has 1 aliphatic heterocycles. The number of halogens is 1. The fraction of sp³-hybridized carbons (Fsp3) is 0.458. The number of hydrogen-bond donors (Lipinski definition) is 4. The third kappa shape index (κ3) is 6.15. The first-order chi connectivity index (χ1) is 16.8. The average Bonchev–Trinajstić information content (AvgIpc) is 3.23. The average molecular weight is 568 g/mol. The maximum atomic E-state index is 13.2. The number of aromatic amines is 2. The van der Waals surface area contributed by atoms with E-state index in [0.29, 0.717) is 60.2 Å². The van der Waals surface area contributed by atoms with Crippen molar-refractivity contribution >= 4 is 37.0 Å². The molecule has 1 atom stereocenters. The monoisotopic (exact) mass is 566 g/mol. The number of nitrogens with zero attached hydrogens (tertiary/aromatic N) is 1. The minimum Gasteiger partial charge on any atom is -0.489 e. The minimum atomic E-state index is -3.52. The molecule has 0 spiro atoms. The number of aliphatic hydroxyl groups is 1. The van der Waals surface area contributed by atoms with Crippen LogP contribution in [-0.4, -0.2) is 66.7 Å². The molecule has 11 heteroatoms. The smallest absolute Gasteiger partial charge is 0.323 e. The van der Waals surface area contributed by atoms with Gasteiger partial charge >= 0.3 is 5.69 Å². The van der Waals surface area contributed by atoms with Gasteiger partial charge in [-0.15, -0.1) is 0 Å². The summed E-state index contributed by atoms with van der Waals surface area (Å²) in [6, 6.07) is 10.6. The third-order valence-corrected chi connectivity index (χ3v) is 8.84. The van der Waals surface area contributed by atoms with Gasteiger partial charge in [-0.3, -0.25) is 0 Å². The number of imidazole rings is 1. The number of rotatable bonds is 10. The Labute approximate surface area is 213 Å². The highest BCUT2D eigenvalue weighted by molar-refractivity contribution is 9.10. The first-order valence-corrected chi connectivity index (χ1v) is 14.0. The van der Waals surface area contributed by atoms with E-state index >= 15 is 0 Å². The lowest BCUT2D eigenvalue weighted by Crippen LogP contribution is -2.42. The number of para-hydroxylation sites is 1. The highest BCUT2D eigenvalue weighted by atomic mass is 79.9. The second-order valence-corrected chi connectivity index (χ2v) is 11.7. The van der Waals surface area contributed by atoms with Crippen LogP contribution in [0.5, 0.6) is 5.75 Å². The predicted octanol–water partition coefficient (Wildman–Crippen LogP) is 2.61. The summed E-state index contributed by atoms with van der Waals surface area (Å²) in [6.07, 6.45) is 1.46. The molecule has 1 saturated heterocycles. The van der Waals surface area contributed by atoms with Crippen LogP contribution in [0.4, 0.5) is 0 Å². The molecule has 4 N–H and O–H groups in total. The lowest BCUT2D eigenvalue weighted by Gasteiger charge is -2.32. The molecule has 3 aromatic rings. The van der Waals surface area contributed by atoms with Crippen molar-refractivity contribution in [3.8, 4) is 5.75 Å². The quantitative estimate of drug-likeness (QED) is 0.298. The normalized spacial score (nSPS) is 16.5. The molecule has 0 amide bonds. The first kappa shape index (κ1) is 25.9. The molecular weight excluding hydrogens is 536 g/mol. The van der Waals surface area contributed by atoms with Gasteiger partial charge in [0.05, 0.1) is 10.4 Å². The SMILES string of the molecule is CCc1cc(Br)ccc1S(=O)(=O)N1CCC(CNC[C@@H](O)COc2cccc3[nH]c(=O)[nH]c23)CC1. The molecular formula is C24H31BrN4O5S. The van der Waals surface area contributed by atoms with Gasteiger partial charge in [0, 0.05) is 24.1 Å². The topological polar surface area (TPSA) is 128 Å². The van der Waals surface area contributed by atoms with Crippen molar-refractivity contribution in [1.82, 2.24) is 19.6 Å². The Morgan fingerprint density at radius 2 is 2.00 bits per heavy atom. The maximum Gasteiger partial charge on any atom is 0.323 e. The van der Waals surface area contributed by atoms with Gasteiger partial charge in [-0.1, -0.05) is 28.9 Å². The zero-order valence-corrected chi connectivity index (χ0v) is 22.0. The number of sulfonamides is 1. The zero-order valence-electron chi connectivity index (χ0n) is 19.6. The largest absolute Gasteiger partial charge is 0.489 e. The Morgan fingerprint density at radius 1 is 1.23 bits per heavy atom. The molecule has 0 radical (unpaired) electrons. The number of aryl methyl sites for hydroxylation is 1. The Morgan fingerprint density at radius 3 is 2.74 bits per heavy atom. The van der Waals surface area contributed by atoms with Crippen LogP contribution in [0.3, 0.4) is 0 Å². The number of aromatic nitrogens is 2. The fourth-order valence-corrected chi connectivity index (χ4v) is 6.57. The molecule has 1 aliphatic rings. The van der Waals surface area contributed by atoms with Gasteiger partial charge in [0.25, 0.3) is 0 Å². The maximum absolute atomic E-state index is 13.2. The van der Waals surface area contributed by atoms with Crippen LogP contribution < -0.4 is 15.7 Å². The van der Waals surface area contributed by atoms with Gasteiger partial charge in [0.15, 0.2) is 0 Å². The Hall–Kier alpha value is -2.18. The van der Waals surface area contributed by atoms with Crippen LogP contribution in [0.15, 0.2) is 50.6 Å². The molecule has 0 saturated carbocycles. The molecule has 0 unspecified atom stereocenters. The number of fused-ring (bicyclic) bond motifs is 1. The highest BCUT2D eigenvalue weighted by Gasteiger charge is 2.30. The molecule has 1 aromatic heterocycles. The summed E-state index contributed by atoms with van der Waals surface area (Å²) in [4.78, 5) is 17.3. The van der Waals surface area contributed by atoms with Crippen LogP contribution in [0.1, 0.15) is 25.3 Å². The first-order valence-electron chi connectivity index (χ1n) is 11.8. The van der Waals surface area contributed by atoms with E-state index in [1.54, 1.807) is 34.6 Å². The highest BCUT2D eigenvalue weighted by Crippen LogP contribution is 2.28. The molecule has 190 valence electrons. The Bertz CT molecular complexity index is 1310. The summed E-state index contributed by atoms with van der Waals surface area (Å²) in [7, 11) is -3.52. The van der Waals surface area contributed by atoms with Gasteiger partial charge in [-0.05, 0) is 67.6 Å². The molecule has 35 heavy (non-hydrogen) atoms. The lowest BCUT2D eigenvalue weighted by atomic mass is 9.98. The summed E-state index contributed by atoms with van der Waals surface area (Å²) in [5, 5.41) is 13.6. The van der Waals surface area contributed by atoms with Gasteiger partial charge in [0.1, 0.15) is 24.0 Å². The van der Waals surface area contributed by atoms with Crippen LogP contribution in [0.2, 0.25) is 0 Å². The molecule has 9 nitrogen and oxygen atoms in total. The Kier molecular flexibility index (Phi) is 8.33. The zero-order chi connectivity index (χ0) is 25.0. The summed E-state index contributed by atoms with van der Waals surface area (Å²) in [5.41, 5.74) is 1.74. The minimum absolute atomic E-state index is 0.0863. The number of aliphatic hydroxyl groups excluding tert-OH is 1. The van der Waals surface area contributed by atoms with Crippen molar-refractivity contribution in [2.24, 2.45) is 5.92 Å². The van der Waals surface area contributed by atoms with Gasteiger partial charge in [0.2, 0.25) is 10.0 Å². The summed E-state index contributed by atoms with van der Waals surface area (Å²) in [6.45, 7) is 4.07. The molecule has 0 bridgehead atoms. The van der Waals surface area contributed by atoms with Crippen LogP contribution in [0, 0.1) is 5.92 Å². The van der Waals surface area contributed by atoms with Crippen molar-refractivity contribution < 1.29 is 18.3 Å². The second kappa shape index (κ2) is 11.3. The van der Waals surface area contributed by atoms with E-state index in [0.717, 1.165) is 22.9 Å². The van der Waals surface area contributed by atoms with E-state index in [4.69, 9.17) is 4.74 Å². The summed E-state index contributed by atoms with van der Waals surface area (Å²) >= 11 is 3.42. The van der Waals surface area contributed by atoms with E-state index in [1.165, 1.54) is 0 Å².